The van der Waals surface area contributed by atoms with Crippen LogP contribution in [0.5, 0.6) is 5.75 Å². The van der Waals surface area contributed by atoms with Crippen LogP contribution in [-0.4, -0.2) is 10.1 Å². The van der Waals surface area contributed by atoms with Crippen molar-refractivity contribution in [2.75, 3.05) is 0 Å². The van der Waals surface area contributed by atoms with Crippen LogP contribution >= 0.6 is 23.2 Å². The molecule has 0 aliphatic rings. The maximum Gasteiger partial charge on any atom is 0.264 e. The van der Waals surface area contributed by atoms with Gasteiger partial charge in [-0.25, -0.2) is 0 Å². The Kier molecular flexibility index (Phi) is 4.61. The predicted molar refractivity (Wildman–Crippen MR) is 84.3 cm³/mol. The van der Waals surface area contributed by atoms with Crippen LogP contribution in [0.2, 0.25) is 10.0 Å². The van der Waals surface area contributed by atoms with Gasteiger partial charge in [0.05, 0.1) is 0 Å². The summed E-state index contributed by atoms with van der Waals surface area (Å²) in [4.78, 5) is 4.30. The van der Waals surface area contributed by atoms with E-state index in [-0.39, 0.29) is 6.61 Å². The molecule has 112 valence electrons. The molecule has 1 aromatic heterocycles. The van der Waals surface area contributed by atoms with Gasteiger partial charge in [0.1, 0.15) is 5.75 Å². The molecule has 0 radical (unpaired) electrons. The van der Waals surface area contributed by atoms with Crippen molar-refractivity contribution in [2.45, 2.75) is 13.0 Å². The van der Waals surface area contributed by atoms with E-state index >= 15 is 0 Å². The van der Waals surface area contributed by atoms with Crippen molar-refractivity contribution in [3.05, 3.63) is 75.9 Å². The summed E-state index contributed by atoms with van der Waals surface area (Å²) in [6, 6.07) is 14.6. The van der Waals surface area contributed by atoms with E-state index in [1.165, 1.54) is 0 Å². The van der Waals surface area contributed by atoms with Crippen molar-refractivity contribution < 1.29 is 9.26 Å². The molecule has 0 bridgehead atoms. The van der Waals surface area contributed by atoms with E-state index < -0.39 is 0 Å². The second-order valence-corrected chi connectivity index (χ2v) is 5.52. The van der Waals surface area contributed by atoms with E-state index in [0.717, 1.165) is 5.56 Å². The summed E-state index contributed by atoms with van der Waals surface area (Å²) >= 11 is 11.7. The number of nitrogens with zero attached hydrogens (tertiary/aromatic N) is 2. The highest BCUT2D eigenvalue weighted by molar-refractivity contribution is 6.30. The van der Waals surface area contributed by atoms with Crippen molar-refractivity contribution in [1.29, 1.82) is 0 Å². The van der Waals surface area contributed by atoms with Gasteiger partial charge in [-0.05, 0) is 42.0 Å². The molecule has 0 saturated carbocycles. The first kappa shape index (κ1) is 14.9. The second-order valence-electron chi connectivity index (χ2n) is 4.65. The van der Waals surface area contributed by atoms with Gasteiger partial charge in [-0.3, -0.25) is 0 Å². The summed E-state index contributed by atoms with van der Waals surface area (Å²) in [5.74, 6) is 1.73. The predicted octanol–water partition coefficient (Wildman–Crippen LogP) is 4.55. The minimum Gasteiger partial charge on any atom is -0.484 e. The molecule has 2 aromatic carbocycles. The van der Waals surface area contributed by atoms with Crippen molar-refractivity contribution in [3.63, 3.8) is 0 Å². The number of hydrogen-bond donors (Lipinski definition) is 0. The Labute approximate surface area is 137 Å². The molecule has 0 aliphatic carbocycles. The van der Waals surface area contributed by atoms with Gasteiger partial charge in [-0.1, -0.05) is 40.5 Å². The summed E-state index contributed by atoms with van der Waals surface area (Å²) in [6.45, 7) is 0.218. The Morgan fingerprint density at radius 1 is 0.909 bits per heavy atom. The van der Waals surface area contributed by atoms with E-state index in [9.17, 15) is 0 Å². The Hall–Kier alpha value is -2.04. The molecule has 0 amide bonds. The first-order valence-corrected chi connectivity index (χ1v) is 7.39. The first-order chi connectivity index (χ1) is 10.7. The summed E-state index contributed by atoms with van der Waals surface area (Å²) in [5, 5.41) is 5.31. The Balaban J connectivity index is 1.59. The Morgan fingerprint density at radius 3 is 2.23 bits per heavy atom. The molecule has 0 aliphatic heterocycles. The van der Waals surface area contributed by atoms with Gasteiger partial charge >= 0.3 is 0 Å². The minimum atomic E-state index is 0.218. The summed E-state index contributed by atoms with van der Waals surface area (Å²) in [6.07, 6.45) is 0.585. The zero-order valence-corrected chi connectivity index (χ0v) is 13.0. The number of halogens is 2. The number of hydrogen-bond acceptors (Lipinski definition) is 4. The van der Waals surface area contributed by atoms with E-state index in [2.05, 4.69) is 10.1 Å². The largest absolute Gasteiger partial charge is 0.484 e. The first-order valence-electron chi connectivity index (χ1n) is 6.63. The molecule has 22 heavy (non-hydrogen) atoms. The van der Waals surface area contributed by atoms with E-state index in [4.69, 9.17) is 32.5 Å². The lowest BCUT2D eigenvalue weighted by molar-refractivity contribution is 0.242. The molecular weight excluding hydrogens is 323 g/mol. The van der Waals surface area contributed by atoms with Crippen LogP contribution in [-0.2, 0) is 13.0 Å². The lowest BCUT2D eigenvalue weighted by Crippen LogP contribution is -1.96. The normalized spacial score (nSPS) is 10.6. The van der Waals surface area contributed by atoms with Gasteiger partial charge in [0.15, 0.2) is 12.4 Å². The zero-order chi connectivity index (χ0) is 15.4. The SMILES string of the molecule is Clc1ccc(Cc2noc(COc3ccc(Cl)cc3)n2)cc1. The lowest BCUT2D eigenvalue weighted by atomic mass is 10.1. The fraction of sp³-hybridized carbons (Fsp3) is 0.125. The van der Waals surface area contributed by atoms with Crippen molar-refractivity contribution in [1.82, 2.24) is 10.1 Å². The summed E-state index contributed by atoms with van der Waals surface area (Å²) in [5.41, 5.74) is 1.07. The molecule has 3 aromatic rings. The highest BCUT2D eigenvalue weighted by atomic mass is 35.5. The molecule has 3 rings (SSSR count). The van der Waals surface area contributed by atoms with Crippen molar-refractivity contribution in [2.24, 2.45) is 0 Å². The van der Waals surface area contributed by atoms with Crippen LogP contribution in [0.1, 0.15) is 17.3 Å². The number of rotatable bonds is 5. The lowest BCUT2D eigenvalue weighted by Gasteiger charge is -2.02. The Morgan fingerprint density at radius 2 is 1.55 bits per heavy atom. The van der Waals surface area contributed by atoms with Crippen LogP contribution in [0.15, 0.2) is 53.1 Å². The van der Waals surface area contributed by atoms with Gasteiger partial charge in [-0.15, -0.1) is 0 Å². The van der Waals surface area contributed by atoms with Gasteiger partial charge in [0.2, 0.25) is 0 Å². The molecule has 1 heterocycles. The molecule has 0 spiro atoms. The van der Waals surface area contributed by atoms with Gasteiger partial charge in [0.25, 0.3) is 5.89 Å². The second kappa shape index (κ2) is 6.81. The number of aromatic nitrogens is 2. The van der Waals surface area contributed by atoms with Gasteiger partial charge in [0, 0.05) is 16.5 Å². The molecule has 0 N–H and O–H groups in total. The Bertz CT molecular complexity index is 740. The van der Waals surface area contributed by atoms with E-state index in [1.54, 1.807) is 24.3 Å². The van der Waals surface area contributed by atoms with E-state index in [1.807, 2.05) is 24.3 Å². The highest BCUT2D eigenvalue weighted by Crippen LogP contribution is 2.17. The van der Waals surface area contributed by atoms with Crippen LogP contribution < -0.4 is 4.74 Å². The third-order valence-corrected chi connectivity index (χ3v) is 3.47. The molecule has 0 fully saturated rings. The highest BCUT2D eigenvalue weighted by Gasteiger charge is 2.08. The molecule has 6 heteroatoms. The minimum absolute atomic E-state index is 0.218. The molecule has 0 saturated heterocycles. The number of ether oxygens (including phenoxy) is 1. The van der Waals surface area contributed by atoms with Crippen LogP contribution in [0.4, 0.5) is 0 Å². The quantitative estimate of drug-likeness (QED) is 0.686. The molecular formula is C16H12Cl2N2O2. The maximum atomic E-state index is 5.85. The molecule has 0 atom stereocenters. The van der Waals surface area contributed by atoms with Crippen molar-refractivity contribution in [3.8, 4) is 5.75 Å². The van der Waals surface area contributed by atoms with Gasteiger partial charge in [-0.2, -0.15) is 4.98 Å². The zero-order valence-electron chi connectivity index (χ0n) is 11.5. The summed E-state index contributed by atoms with van der Waals surface area (Å²) in [7, 11) is 0. The fourth-order valence-electron chi connectivity index (χ4n) is 1.88. The van der Waals surface area contributed by atoms with Crippen LogP contribution in [0.25, 0.3) is 0 Å². The third-order valence-electron chi connectivity index (χ3n) is 2.96. The average molecular weight is 335 g/mol. The smallest absolute Gasteiger partial charge is 0.264 e. The van der Waals surface area contributed by atoms with Crippen LogP contribution in [0, 0.1) is 0 Å². The molecule has 0 unspecified atom stereocenters. The monoisotopic (exact) mass is 334 g/mol. The average Bonchev–Trinajstić information content (AvgIpc) is 2.97. The standard InChI is InChI=1S/C16H12Cl2N2O2/c17-12-3-1-11(2-4-12)9-15-19-16(22-20-15)10-21-14-7-5-13(18)6-8-14/h1-8H,9-10H2. The summed E-state index contributed by atoms with van der Waals surface area (Å²) < 4.78 is 10.7. The molecule has 4 nitrogen and oxygen atoms in total. The number of benzene rings is 2. The maximum absolute atomic E-state index is 5.85. The fourth-order valence-corrected chi connectivity index (χ4v) is 2.13. The topological polar surface area (TPSA) is 48.2 Å². The van der Waals surface area contributed by atoms with Crippen LogP contribution in [0.3, 0.4) is 0 Å². The van der Waals surface area contributed by atoms with Crippen molar-refractivity contribution >= 4 is 23.2 Å². The van der Waals surface area contributed by atoms with E-state index in [0.29, 0.717) is 33.9 Å². The third kappa shape index (κ3) is 4.00. The van der Waals surface area contributed by atoms with Gasteiger partial charge < -0.3 is 9.26 Å².